The summed E-state index contributed by atoms with van der Waals surface area (Å²) in [6.07, 6.45) is 0. The van der Waals surface area contributed by atoms with Crippen molar-refractivity contribution in [1.29, 1.82) is 0 Å². The van der Waals surface area contributed by atoms with E-state index in [0.29, 0.717) is 5.69 Å². The summed E-state index contributed by atoms with van der Waals surface area (Å²) in [5.41, 5.74) is -0.338. The SMILES string of the molecule is CC(C)(C)NS(=O)(=O)c1cccc(NC(=O)COc2ccccc2F)c1. The van der Waals surface area contributed by atoms with Gasteiger partial charge in [0.2, 0.25) is 10.0 Å². The van der Waals surface area contributed by atoms with E-state index in [1.165, 1.54) is 36.4 Å². The molecule has 0 aromatic heterocycles. The molecule has 2 N–H and O–H groups in total. The summed E-state index contributed by atoms with van der Waals surface area (Å²) < 4.78 is 45.8. The minimum absolute atomic E-state index is 0.0280. The number of hydrogen-bond acceptors (Lipinski definition) is 4. The molecular weight excluding hydrogens is 359 g/mol. The fourth-order valence-corrected chi connectivity index (χ4v) is 3.57. The van der Waals surface area contributed by atoms with Gasteiger partial charge in [0, 0.05) is 11.2 Å². The van der Waals surface area contributed by atoms with Crippen LogP contribution < -0.4 is 14.8 Å². The van der Waals surface area contributed by atoms with Gasteiger partial charge in [0.25, 0.3) is 5.91 Å². The number of ether oxygens (including phenoxy) is 1. The summed E-state index contributed by atoms with van der Waals surface area (Å²) in [5, 5.41) is 2.53. The van der Waals surface area contributed by atoms with Crippen LogP contribution in [-0.4, -0.2) is 26.5 Å². The molecule has 0 fully saturated rings. The number of amides is 1. The number of benzene rings is 2. The second-order valence-corrected chi connectivity index (χ2v) is 8.33. The van der Waals surface area contributed by atoms with Crippen molar-refractivity contribution in [2.75, 3.05) is 11.9 Å². The molecule has 0 aliphatic heterocycles. The molecule has 0 saturated heterocycles. The van der Waals surface area contributed by atoms with E-state index < -0.39 is 33.9 Å². The molecule has 0 saturated carbocycles. The average Bonchev–Trinajstić information content (AvgIpc) is 2.52. The second-order valence-electron chi connectivity index (χ2n) is 6.65. The zero-order chi connectivity index (χ0) is 19.4. The summed E-state index contributed by atoms with van der Waals surface area (Å²) in [7, 11) is -3.72. The van der Waals surface area contributed by atoms with Gasteiger partial charge >= 0.3 is 0 Å². The summed E-state index contributed by atoms with van der Waals surface area (Å²) in [5.74, 6) is -1.14. The van der Waals surface area contributed by atoms with Gasteiger partial charge in [0.05, 0.1) is 4.90 Å². The number of hydrogen-bond donors (Lipinski definition) is 2. The number of anilines is 1. The van der Waals surface area contributed by atoms with Crippen LogP contribution in [-0.2, 0) is 14.8 Å². The van der Waals surface area contributed by atoms with Crippen LogP contribution >= 0.6 is 0 Å². The molecule has 0 aliphatic rings. The predicted octanol–water partition coefficient (Wildman–Crippen LogP) is 2.92. The zero-order valence-electron chi connectivity index (χ0n) is 14.7. The minimum Gasteiger partial charge on any atom is -0.481 e. The highest BCUT2D eigenvalue weighted by atomic mass is 32.2. The van der Waals surface area contributed by atoms with Gasteiger partial charge in [0.15, 0.2) is 18.2 Å². The first-order chi connectivity index (χ1) is 12.1. The summed E-state index contributed by atoms with van der Waals surface area (Å²) >= 11 is 0. The van der Waals surface area contributed by atoms with Crippen LogP contribution in [0.2, 0.25) is 0 Å². The number of carbonyl (C=O) groups excluding carboxylic acids is 1. The molecule has 2 aromatic rings. The Morgan fingerprint density at radius 3 is 2.46 bits per heavy atom. The van der Waals surface area contributed by atoms with Gasteiger partial charge in [-0.2, -0.15) is 0 Å². The highest BCUT2D eigenvalue weighted by Crippen LogP contribution is 2.18. The highest BCUT2D eigenvalue weighted by molar-refractivity contribution is 7.89. The fourth-order valence-electron chi connectivity index (χ4n) is 2.11. The van der Waals surface area contributed by atoms with Gasteiger partial charge in [-0.3, -0.25) is 4.79 Å². The van der Waals surface area contributed by atoms with Gasteiger partial charge in [-0.25, -0.2) is 17.5 Å². The van der Waals surface area contributed by atoms with E-state index in [4.69, 9.17) is 4.74 Å². The van der Waals surface area contributed by atoms with Crippen LogP contribution in [0.4, 0.5) is 10.1 Å². The minimum atomic E-state index is -3.72. The Hall–Kier alpha value is -2.45. The maximum Gasteiger partial charge on any atom is 0.262 e. The van der Waals surface area contributed by atoms with E-state index in [-0.39, 0.29) is 10.6 Å². The van der Waals surface area contributed by atoms with Gasteiger partial charge in [-0.1, -0.05) is 18.2 Å². The molecule has 0 aliphatic carbocycles. The lowest BCUT2D eigenvalue weighted by Gasteiger charge is -2.20. The Morgan fingerprint density at radius 1 is 1.12 bits per heavy atom. The van der Waals surface area contributed by atoms with Crippen LogP contribution in [0, 0.1) is 5.82 Å². The van der Waals surface area contributed by atoms with Crippen LogP contribution in [0.3, 0.4) is 0 Å². The molecule has 8 heteroatoms. The van der Waals surface area contributed by atoms with E-state index in [9.17, 15) is 17.6 Å². The van der Waals surface area contributed by atoms with E-state index in [1.807, 2.05) is 0 Å². The molecule has 26 heavy (non-hydrogen) atoms. The zero-order valence-corrected chi connectivity index (χ0v) is 15.6. The third kappa shape index (κ3) is 5.82. The Balaban J connectivity index is 2.04. The third-order valence-corrected chi connectivity index (χ3v) is 4.82. The predicted molar refractivity (Wildman–Crippen MR) is 97.0 cm³/mol. The van der Waals surface area contributed by atoms with Crippen molar-refractivity contribution in [3.05, 3.63) is 54.3 Å². The normalized spacial score (nSPS) is 11.8. The van der Waals surface area contributed by atoms with E-state index in [1.54, 1.807) is 32.9 Å². The lowest BCUT2D eigenvalue weighted by molar-refractivity contribution is -0.118. The van der Waals surface area contributed by atoms with Crippen molar-refractivity contribution in [2.24, 2.45) is 0 Å². The van der Waals surface area contributed by atoms with Crippen molar-refractivity contribution in [3.8, 4) is 5.75 Å². The van der Waals surface area contributed by atoms with Gasteiger partial charge in [0.1, 0.15) is 0 Å². The van der Waals surface area contributed by atoms with Gasteiger partial charge < -0.3 is 10.1 Å². The van der Waals surface area contributed by atoms with Crippen molar-refractivity contribution in [3.63, 3.8) is 0 Å². The molecule has 0 spiro atoms. The first-order valence-corrected chi connectivity index (χ1v) is 9.36. The van der Waals surface area contributed by atoms with E-state index in [0.717, 1.165) is 0 Å². The largest absolute Gasteiger partial charge is 0.481 e. The maximum atomic E-state index is 13.5. The number of halogens is 1. The molecule has 140 valence electrons. The first-order valence-electron chi connectivity index (χ1n) is 7.88. The Morgan fingerprint density at radius 2 is 1.81 bits per heavy atom. The fraction of sp³-hybridized carbons (Fsp3) is 0.278. The number of nitrogens with one attached hydrogen (secondary N) is 2. The van der Waals surface area contributed by atoms with Crippen LogP contribution in [0.1, 0.15) is 20.8 Å². The lowest BCUT2D eigenvalue weighted by atomic mass is 10.1. The molecule has 2 aromatic carbocycles. The Kier molecular flexibility index (Phi) is 5.99. The number of rotatable bonds is 6. The van der Waals surface area contributed by atoms with Gasteiger partial charge in [-0.15, -0.1) is 0 Å². The summed E-state index contributed by atoms with van der Waals surface area (Å²) in [4.78, 5) is 12.0. The number of sulfonamides is 1. The molecular formula is C18H21FN2O4S. The molecule has 0 bridgehead atoms. The maximum absolute atomic E-state index is 13.5. The standard InChI is InChI=1S/C18H21FN2O4S/c1-18(2,3)21-26(23,24)14-8-6-7-13(11-14)20-17(22)12-25-16-10-5-4-9-15(16)19/h4-11,21H,12H2,1-3H3,(H,20,22). The molecule has 0 heterocycles. The topological polar surface area (TPSA) is 84.5 Å². The van der Waals surface area contributed by atoms with Crippen LogP contribution in [0.15, 0.2) is 53.4 Å². The van der Waals surface area contributed by atoms with Crippen molar-refractivity contribution in [2.45, 2.75) is 31.2 Å². The van der Waals surface area contributed by atoms with Crippen molar-refractivity contribution >= 4 is 21.6 Å². The van der Waals surface area contributed by atoms with Gasteiger partial charge in [-0.05, 0) is 51.1 Å². The molecule has 1 amide bonds. The van der Waals surface area contributed by atoms with Crippen molar-refractivity contribution < 1.29 is 22.3 Å². The Bertz CT molecular complexity index is 892. The molecule has 0 unspecified atom stereocenters. The highest BCUT2D eigenvalue weighted by Gasteiger charge is 2.22. The molecule has 0 atom stereocenters. The first kappa shape index (κ1) is 19.9. The molecule has 0 radical (unpaired) electrons. The number of para-hydroxylation sites is 1. The van der Waals surface area contributed by atoms with Crippen LogP contribution in [0.5, 0.6) is 5.75 Å². The smallest absolute Gasteiger partial charge is 0.262 e. The van der Waals surface area contributed by atoms with Crippen molar-refractivity contribution in [1.82, 2.24) is 4.72 Å². The summed E-state index contributed by atoms with van der Waals surface area (Å²) in [6, 6.07) is 11.6. The monoisotopic (exact) mass is 380 g/mol. The van der Waals surface area contributed by atoms with Crippen LogP contribution in [0.25, 0.3) is 0 Å². The third-order valence-electron chi connectivity index (χ3n) is 3.06. The molecule has 2 rings (SSSR count). The second kappa shape index (κ2) is 7.84. The lowest BCUT2D eigenvalue weighted by Crippen LogP contribution is -2.40. The Labute approximate surface area is 152 Å². The summed E-state index contributed by atoms with van der Waals surface area (Å²) in [6.45, 7) is 4.79. The van der Waals surface area contributed by atoms with E-state index >= 15 is 0 Å². The molecule has 6 nitrogen and oxygen atoms in total. The van der Waals surface area contributed by atoms with E-state index in [2.05, 4.69) is 10.0 Å². The quantitative estimate of drug-likeness (QED) is 0.807. The number of carbonyl (C=O) groups is 1. The average molecular weight is 380 g/mol.